The molecular formula is C20H18FNO3. The molecule has 5 heteroatoms. The van der Waals surface area contributed by atoms with E-state index in [9.17, 15) is 9.18 Å². The smallest absolute Gasteiger partial charge is 0.363 e. The number of rotatable bonds is 6. The maximum absolute atomic E-state index is 12.9. The highest BCUT2D eigenvalue weighted by Gasteiger charge is 2.24. The lowest BCUT2D eigenvalue weighted by Crippen LogP contribution is -2.05. The van der Waals surface area contributed by atoms with E-state index in [1.807, 2.05) is 12.1 Å². The first kappa shape index (κ1) is 16.9. The van der Waals surface area contributed by atoms with Crippen molar-refractivity contribution in [2.75, 3.05) is 6.61 Å². The highest BCUT2D eigenvalue weighted by Crippen LogP contribution is 2.21. The fraction of sp³-hybridized carbons (Fsp3) is 0.200. The number of benzene rings is 2. The number of aliphatic imine (C=N–C) groups is 1. The summed E-state index contributed by atoms with van der Waals surface area (Å²) in [5.74, 6) is 0.159. The van der Waals surface area contributed by atoms with E-state index in [0.717, 1.165) is 18.6 Å². The van der Waals surface area contributed by atoms with Gasteiger partial charge in [-0.25, -0.2) is 14.2 Å². The molecule has 0 saturated heterocycles. The second-order valence-electron chi connectivity index (χ2n) is 5.61. The van der Waals surface area contributed by atoms with E-state index in [2.05, 4.69) is 11.9 Å². The van der Waals surface area contributed by atoms with E-state index in [1.54, 1.807) is 30.3 Å². The van der Waals surface area contributed by atoms with Crippen molar-refractivity contribution in [3.63, 3.8) is 0 Å². The zero-order valence-corrected chi connectivity index (χ0v) is 13.9. The van der Waals surface area contributed by atoms with Crippen molar-refractivity contribution in [1.29, 1.82) is 0 Å². The summed E-state index contributed by atoms with van der Waals surface area (Å²) in [6.07, 6.45) is 3.65. The van der Waals surface area contributed by atoms with Gasteiger partial charge >= 0.3 is 5.97 Å². The standard InChI is InChI=1S/C20H18FNO3/c1-2-3-12-24-17-10-6-15(7-11-17)19-22-18(20(23)25-19)13-14-4-8-16(21)9-5-14/h4-11,13H,2-3,12H2,1H3/b18-13+. The van der Waals surface area contributed by atoms with Crippen molar-refractivity contribution in [3.8, 4) is 5.75 Å². The molecule has 1 heterocycles. The normalized spacial score (nSPS) is 15.2. The van der Waals surface area contributed by atoms with Crippen LogP contribution in [0.4, 0.5) is 4.39 Å². The van der Waals surface area contributed by atoms with Gasteiger partial charge in [0.2, 0.25) is 5.90 Å². The molecule has 1 aliphatic rings. The second kappa shape index (κ2) is 7.75. The van der Waals surface area contributed by atoms with E-state index in [1.165, 1.54) is 12.1 Å². The van der Waals surface area contributed by atoms with Crippen molar-refractivity contribution >= 4 is 17.9 Å². The highest BCUT2D eigenvalue weighted by atomic mass is 19.1. The minimum absolute atomic E-state index is 0.185. The summed E-state index contributed by atoms with van der Waals surface area (Å²) in [5, 5.41) is 0. The Morgan fingerprint density at radius 1 is 1.12 bits per heavy atom. The van der Waals surface area contributed by atoms with Crippen molar-refractivity contribution in [1.82, 2.24) is 0 Å². The Balaban J connectivity index is 1.74. The topological polar surface area (TPSA) is 47.9 Å². The number of ether oxygens (including phenoxy) is 2. The number of hydrogen-bond acceptors (Lipinski definition) is 4. The lowest BCUT2D eigenvalue weighted by atomic mass is 10.2. The number of halogens is 1. The van der Waals surface area contributed by atoms with E-state index in [0.29, 0.717) is 17.7 Å². The third-order valence-corrected chi connectivity index (χ3v) is 3.66. The summed E-state index contributed by atoms with van der Waals surface area (Å²) in [6.45, 7) is 2.78. The van der Waals surface area contributed by atoms with Gasteiger partial charge in [-0.1, -0.05) is 25.5 Å². The molecule has 0 aromatic heterocycles. The van der Waals surface area contributed by atoms with Crippen LogP contribution in [0.25, 0.3) is 6.08 Å². The zero-order chi connectivity index (χ0) is 17.6. The molecule has 0 bridgehead atoms. The van der Waals surface area contributed by atoms with E-state index >= 15 is 0 Å². The van der Waals surface area contributed by atoms with Crippen LogP contribution in [0.2, 0.25) is 0 Å². The van der Waals surface area contributed by atoms with Gasteiger partial charge in [-0.2, -0.15) is 0 Å². The minimum atomic E-state index is -0.525. The predicted octanol–water partition coefficient (Wildman–Crippen LogP) is 4.35. The van der Waals surface area contributed by atoms with E-state index in [-0.39, 0.29) is 17.4 Å². The molecule has 0 amide bonds. The molecule has 0 N–H and O–H groups in total. The molecule has 0 fully saturated rings. The maximum Gasteiger partial charge on any atom is 0.363 e. The molecule has 4 nitrogen and oxygen atoms in total. The highest BCUT2D eigenvalue weighted by molar-refractivity contribution is 6.12. The van der Waals surface area contributed by atoms with Gasteiger partial charge in [-0.05, 0) is 54.5 Å². The van der Waals surface area contributed by atoms with Crippen LogP contribution in [0.15, 0.2) is 59.2 Å². The quantitative estimate of drug-likeness (QED) is 0.447. The molecule has 2 aromatic rings. The average molecular weight is 339 g/mol. The molecule has 1 aliphatic heterocycles. The molecule has 0 atom stereocenters. The van der Waals surface area contributed by atoms with Crippen LogP contribution >= 0.6 is 0 Å². The first-order valence-electron chi connectivity index (χ1n) is 8.17. The summed E-state index contributed by atoms with van der Waals surface area (Å²) in [5.41, 5.74) is 1.56. The van der Waals surface area contributed by atoms with E-state index < -0.39 is 5.97 Å². The first-order chi connectivity index (χ1) is 12.2. The summed E-state index contributed by atoms with van der Waals surface area (Å²) >= 11 is 0. The monoisotopic (exact) mass is 339 g/mol. The molecule has 2 aromatic carbocycles. The number of nitrogens with zero attached hydrogens (tertiary/aromatic N) is 1. The molecule has 0 radical (unpaired) electrons. The number of esters is 1. The maximum atomic E-state index is 12.9. The van der Waals surface area contributed by atoms with Gasteiger partial charge in [0.05, 0.1) is 6.61 Å². The summed E-state index contributed by atoms with van der Waals surface area (Å²) < 4.78 is 23.8. The number of hydrogen-bond donors (Lipinski definition) is 0. The van der Waals surface area contributed by atoms with Crippen molar-refractivity contribution in [3.05, 3.63) is 71.2 Å². The molecule has 3 rings (SSSR count). The van der Waals surface area contributed by atoms with Crippen molar-refractivity contribution < 1.29 is 18.7 Å². The predicted molar refractivity (Wildman–Crippen MR) is 93.9 cm³/mol. The third-order valence-electron chi connectivity index (χ3n) is 3.66. The number of carbonyl (C=O) groups is 1. The summed E-state index contributed by atoms with van der Waals surface area (Å²) in [6, 6.07) is 13.1. The number of cyclic esters (lactones) is 1. The average Bonchev–Trinajstić information content (AvgIpc) is 2.98. The van der Waals surface area contributed by atoms with Crippen LogP contribution in [-0.2, 0) is 9.53 Å². The van der Waals surface area contributed by atoms with Gasteiger partial charge in [0.25, 0.3) is 0 Å². The van der Waals surface area contributed by atoms with Crippen molar-refractivity contribution in [2.45, 2.75) is 19.8 Å². The fourth-order valence-corrected chi connectivity index (χ4v) is 2.28. The number of carbonyl (C=O) groups excluding carboxylic acids is 1. The van der Waals surface area contributed by atoms with Crippen LogP contribution < -0.4 is 4.74 Å². The Morgan fingerprint density at radius 2 is 1.84 bits per heavy atom. The Labute approximate surface area is 145 Å². The van der Waals surface area contributed by atoms with Crippen LogP contribution in [0, 0.1) is 5.82 Å². The van der Waals surface area contributed by atoms with E-state index in [4.69, 9.17) is 9.47 Å². The van der Waals surface area contributed by atoms with Gasteiger partial charge in [0.15, 0.2) is 5.70 Å². The molecule has 0 aliphatic carbocycles. The zero-order valence-electron chi connectivity index (χ0n) is 13.9. The van der Waals surface area contributed by atoms with Gasteiger partial charge in [-0.3, -0.25) is 0 Å². The minimum Gasteiger partial charge on any atom is -0.494 e. The lowest BCUT2D eigenvalue weighted by molar-refractivity contribution is -0.129. The second-order valence-corrected chi connectivity index (χ2v) is 5.61. The molecule has 128 valence electrons. The summed E-state index contributed by atoms with van der Waals surface area (Å²) in [4.78, 5) is 16.2. The van der Waals surface area contributed by atoms with Crippen LogP contribution in [0.3, 0.4) is 0 Å². The Bertz CT molecular complexity index is 808. The van der Waals surface area contributed by atoms with Gasteiger partial charge in [0.1, 0.15) is 11.6 Å². The number of unbranched alkanes of at least 4 members (excludes halogenated alkanes) is 1. The van der Waals surface area contributed by atoms with Crippen LogP contribution in [0.5, 0.6) is 5.75 Å². The largest absolute Gasteiger partial charge is 0.494 e. The van der Waals surface area contributed by atoms with Crippen LogP contribution in [0.1, 0.15) is 30.9 Å². The fourth-order valence-electron chi connectivity index (χ4n) is 2.28. The molecule has 0 spiro atoms. The van der Waals surface area contributed by atoms with Crippen molar-refractivity contribution in [2.24, 2.45) is 4.99 Å². The lowest BCUT2D eigenvalue weighted by Gasteiger charge is -2.05. The third kappa shape index (κ3) is 4.32. The van der Waals surface area contributed by atoms with Gasteiger partial charge in [0, 0.05) is 5.56 Å². The van der Waals surface area contributed by atoms with Crippen LogP contribution in [-0.4, -0.2) is 18.5 Å². The molecule has 25 heavy (non-hydrogen) atoms. The Morgan fingerprint density at radius 3 is 2.52 bits per heavy atom. The first-order valence-corrected chi connectivity index (χ1v) is 8.17. The molecule has 0 saturated carbocycles. The molecule has 0 unspecified atom stereocenters. The molecular weight excluding hydrogens is 321 g/mol. The van der Waals surface area contributed by atoms with Gasteiger partial charge < -0.3 is 9.47 Å². The Kier molecular flexibility index (Phi) is 5.23. The van der Waals surface area contributed by atoms with Gasteiger partial charge in [-0.15, -0.1) is 0 Å². The summed E-state index contributed by atoms with van der Waals surface area (Å²) in [7, 11) is 0. The Hall–Kier alpha value is -2.95. The SMILES string of the molecule is CCCCOc1ccc(C2=N/C(=C/c3ccc(F)cc3)C(=O)O2)cc1.